The Labute approximate surface area is 233 Å². The lowest BCUT2D eigenvalue weighted by Crippen LogP contribution is -2.69. The van der Waals surface area contributed by atoms with E-state index in [9.17, 15) is 9.90 Å². The average Bonchev–Trinajstić information content (AvgIpc) is 3.15. The Hall–Kier alpha value is -1.03. The van der Waals surface area contributed by atoms with Crippen LogP contribution in [0.15, 0.2) is 12.2 Å². The van der Waals surface area contributed by atoms with E-state index in [0.717, 1.165) is 32.1 Å². The van der Waals surface area contributed by atoms with E-state index < -0.39 is 5.60 Å². The van der Waals surface area contributed by atoms with Crippen molar-refractivity contribution < 1.29 is 14.6 Å². The van der Waals surface area contributed by atoms with E-state index in [1.807, 2.05) is 20.8 Å². The molecule has 10 atom stereocenters. The lowest BCUT2D eigenvalue weighted by atomic mass is 9.32. The lowest BCUT2D eigenvalue weighted by Gasteiger charge is -2.73. The third-order valence-electron chi connectivity index (χ3n) is 13.8. The second-order valence-electron chi connectivity index (χ2n) is 16.8. The molecule has 5 aliphatic rings. The molecule has 0 aromatic heterocycles. The van der Waals surface area contributed by atoms with Gasteiger partial charge in [0.2, 0.25) is 0 Å². The lowest BCUT2D eigenvalue weighted by molar-refractivity contribution is -0.243. The summed E-state index contributed by atoms with van der Waals surface area (Å²) in [7, 11) is 0. The molecule has 5 saturated carbocycles. The molecule has 4 heteroatoms. The third-order valence-corrected chi connectivity index (χ3v) is 13.8. The Morgan fingerprint density at radius 2 is 1.55 bits per heavy atom. The summed E-state index contributed by atoms with van der Waals surface area (Å²) >= 11 is 0. The van der Waals surface area contributed by atoms with E-state index in [-0.39, 0.29) is 39.4 Å². The molecule has 216 valence electrons. The van der Waals surface area contributed by atoms with E-state index in [1.54, 1.807) is 0 Å². The fourth-order valence-electron chi connectivity index (χ4n) is 11.9. The maximum Gasteiger partial charge on any atom is 0.408 e. The molecule has 5 rings (SSSR count). The first kappa shape index (κ1) is 28.5. The van der Waals surface area contributed by atoms with Crippen LogP contribution in [0.5, 0.6) is 0 Å². The fourth-order valence-corrected chi connectivity index (χ4v) is 11.9. The molecule has 1 amide bonds. The number of allylic oxidation sites excluding steroid dienone is 1. The van der Waals surface area contributed by atoms with Crippen molar-refractivity contribution in [2.45, 2.75) is 144 Å². The van der Waals surface area contributed by atoms with Gasteiger partial charge in [-0.15, -0.1) is 0 Å². The summed E-state index contributed by atoms with van der Waals surface area (Å²) in [5, 5.41) is 14.5. The van der Waals surface area contributed by atoms with E-state index in [2.05, 4.69) is 53.4 Å². The minimum Gasteiger partial charge on any atom is -0.444 e. The summed E-state index contributed by atoms with van der Waals surface area (Å²) in [6.07, 6.45) is 11.1. The number of carbonyl (C=O) groups is 1. The number of rotatable bonds is 2. The number of fused-ring (bicyclic) bond motifs is 7. The molecular formula is C34H57NO3. The highest BCUT2D eigenvalue weighted by Crippen LogP contribution is 2.76. The van der Waals surface area contributed by atoms with Gasteiger partial charge in [-0.2, -0.15) is 0 Å². The van der Waals surface area contributed by atoms with Gasteiger partial charge in [0.1, 0.15) is 5.60 Å². The smallest absolute Gasteiger partial charge is 0.408 e. The highest BCUT2D eigenvalue weighted by molar-refractivity contribution is 5.69. The van der Waals surface area contributed by atoms with Crippen molar-refractivity contribution in [3.8, 4) is 0 Å². The molecule has 5 aliphatic carbocycles. The van der Waals surface area contributed by atoms with Crippen LogP contribution in [0.4, 0.5) is 4.79 Å². The molecule has 0 heterocycles. The van der Waals surface area contributed by atoms with Crippen LogP contribution >= 0.6 is 0 Å². The zero-order valence-corrected chi connectivity index (χ0v) is 26.0. The van der Waals surface area contributed by atoms with Gasteiger partial charge in [-0.25, -0.2) is 4.79 Å². The number of alkyl carbamates (subject to hydrolysis) is 1. The summed E-state index contributed by atoms with van der Waals surface area (Å²) in [5.74, 6) is 2.75. The molecule has 4 nitrogen and oxygen atoms in total. The van der Waals surface area contributed by atoms with Gasteiger partial charge in [0.15, 0.2) is 0 Å². The normalized spacial score (nSPS) is 49.6. The number of nitrogens with one attached hydrogen (secondary N) is 1. The maximum atomic E-state index is 13.2. The Morgan fingerprint density at radius 3 is 2.18 bits per heavy atom. The average molecular weight is 528 g/mol. The minimum absolute atomic E-state index is 0.0123. The Bertz CT molecular complexity index is 981. The van der Waals surface area contributed by atoms with Crippen molar-refractivity contribution >= 4 is 6.09 Å². The van der Waals surface area contributed by atoms with Crippen molar-refractivity contribution in [3.05, 3.63) is 12.2 Å². The van der Waals surface area contributed by atoms with Gasteiger partial charge < -0.3 is 15.2 Å². The second kappa shape index (κ2) is 8.73. The molecule has 0 aliphatic heterocycles. The van der Waals surface area contributed by atoms with E-state index >= 15 is 0 Å². The second-order valence-corrected chi connectivity index (χ2v) is 16.8. The zero-order chi connectivity index (χ0) is 28.1. The Morgan fingerprint density at radius 1 is 0.868 bits per heavy atom. The van der Waals surface area contributed by atoms with Crippen LogP contribution < -0.4 is 5.32 Å². The number of aliphatic hydroxyl groups excluding tert-OH is 1. The number of hydrogen-bond donors (Lipinski definition) is 2. The summed E-state index contributed by atoms with van der Waals surface area (Å²) in [6.45, 7) is 25.1. The molecule has 0 bridgehead atoms. The van der Waals surface area contributed by atoms with Gasteiger partial charge in [0, 0.05) is 5.54 Å². The van der Waals surface area contributed by atoms with Gasteiger partial charge in [-0.05, 0) is 143 Å². The number of aliphatic hydroxyl groups is 1. The molecule has 0 aromatic carbocycles. The molecular weight excluding hydrogens is 470 g/mol. The molecule has 2 N–H and O–H groups in total. The quantitative estimate of drug-likeness (QED) is 0.355. The van der Waals surface area contributed by atoms with Crippen molar-refractivity contribution in [3.63, 3.8) is 0 Å². The standard InChI is InChI=1S/C34H57NO3/c1-21(2)22-13-18-34(35-28(37)38-29(3,4)5)20-19-32(9)23(27(22)34)11-12-25-31(8)16-15-26(36)30(6,7)24(31)14-17-33(25,32)10/h22-27,36H,1,11-20H2,2-10H3,(H,35,37)/t22-,23+,24?,25?,26-,27?,31-,32+,33+,34-/m0/s1. The van der Waals surface area contributed by atoms with Gasteiger partial charge in [-0.1, -0.05) is 46.8 Å². The van der Waals surface area contributed by atoms with Crippen LogP contribution in [0.3, 0.4) is 0 Å². The molecule has 38 heavy (non-hydrogen) atoms. The number of hydrogen-bond acceptors (Lipinski definition) is 3. The van der Waals surface area contributed by atoms with Crippen LogP contribution in [0.25, 0.3) is 0 Å². The summed E-state index contributed by atoms with van der Waals surface area (Å²) in [6, 6.07) is 0. The Balaban J connectivity index is 1.51. The first-order valence-corrected chi connectivity index (χ1v) is 15.8. The number of amides is 1. The highest BCUT2D eigenvalue weighted by atomic mass is 16.6. The molecule has 5 fully saturated rings. The van der Waals surface area contributed by atoms with E-state index in [1.165, 1.54) is 37.7 Å². The van der Waals surface area contributed by atoms with Crippen molar-refractivity contribution in [2.24, 2.45) is 51.2 Å². The molecule has 0 radical (unpaired) electrons. The van der Waals surface area contributed by atoms with E-state index in [0.29, 0.717) is 29.6 Å². The van der Waals surface area contributed by atoms with Crippen LogP contribution in [0.2, 0.25) is 0 Å². The van der Waals surface area contributed by atoms with Gasteiger partial charge in [-0.3, -0.25) is 0 Å². The first-order chi connectivity index (χ1) is 17.4. The van der Waals surface area contributed by atoms with Crippen molar-refractivity contribution in [1.82, 2.24) is 5.32 Å². The van der Waals surface area contributed by atoms with Crippen molar-refractivity contribution in [2.75, 3.05) is 0 Å². The first-order valence-electron chi connectivity index (χ1n) is 15.8. The molecule has 3 unspecified atom stereocenters. The predicted molar refractivity (Wildman–Crippen MR) is 155 cm³/mol. The molecule has 0 spiro atoms. The summed E-state index contributed by atoms with van der Waals surface area (Å²) in [5.41, 5.74) is 1.41. The highest BCUT2D eigenvalue weighted by Gasteiger charge is 2.71. The van der Waals surface area contributed by atoms with Crippen molar-refractivity contribution in [1.29, 1.82) is 0 Å². The van der Waals surface area contributed by atoms with Crippen LogP contribution in [-0.2, 0) is 4.74 Å². The number of ether oxygens (including phenoxy) is 1. The van der Waals surface area contributed by atoms with Crippen LogP contribution in [-0.4, -0.2) is 28.4 Å². The summed E-state index contributed by atoms with van der Waals surface area (Å²) < 4.78 is 5.81. The van der Waals surface area contributed by atoms with Crippen LogP contribution in [0.1, 0.15) is 127 Å². The fraction of sp³-hybridized carbons (Fsp3) is 0.912. The van der Waals surface area contributed by atoms with Gasteiger partial charge in [0.25, 0.3) is 0 Å². The topological polar surface area (TPSA) is 58.6 Å². The minimum atomic E-state index is -0.493. The largest absolute Gasteiger partial charge is 0.444 e. The Kier molecular flexibility index (Phi) is 6.55. The predicted octanol–water partition coefficient (Wildman–Crippen LogP) is 8.28. The monoisotopic (exact) mass is 527 g/mol. The maximum absolute atomic E-state index is 13.2. The number of carbonyl (C=O) groups excluding carboxylic acids is 1. The van der Waals surface area contributed by atoms with Gasteiger partial charge in [0.05, 0.1) is 6.10 Å². The van der Waals surface area contributed by atoms with Crippen LogP contribution in [0, 0.1) is 51.2 Å². The summed E-state index contributed by atoms with van der Waals surface area (Å²) in [4.78, 5) is 13.2. The molecule has 0 saturated heterocycles. The third kappa shape index (κ3) is 3.88. The SMILES string of the molecule is C=C(C)[C@@H]1CC[C@]2(NC(=O)OC(C)(C)C)CC[C@]3(C)[C@H](CCC4[C@@]5(C)CC[C@H](O)C(C)(C)C5CC[C@]43C)C12. The van der Waals surface area contributed by atoms with E-state index in [4.69, 9.17) is 4.74 Å². The van der Waals surface area contributed by atoms with Gasteiger partial charge >= 0.3 is 6.09 Å². The molecule has 0 aromatic rings. The zero-order valence-electron chi connectivity index (χ0n) is 26.0.